The second-order valence-electron chi connectivity index (χ2n) is 6.39. The van der Waals surface area contributed by atoms with Crippen molar-refractivity contribution in [1.29, 1.82) is 0 Å². The van der Waals surface area contributed by atoms with Crippen molar-refractivity contribution < 1.29 is 0 Å². The van der Waals surface area contributed by atoms with Gasteiger partial charge in [-0.05, 0) is 43.4 Å². The summed E-state index contributed by atoms with van der Waals surface area (Å²) in [6.07, 6.45) is 10.0. The maximum Gasteiger partial charge on any atom is 0.0102 e. The lowest BCUT2D eigenvalue weighted by atomic mass is 9.89. The van der Waals surface area contributed by atoms with E-state index in [1.54, 1.807) is 0 Å². The van der Waals surface area contributed by atoms with Gasteiger partial charge in [0, 0.05) is 12.1 Å². The van der Waals surface area contributed by atoms with E-state index in [9.17, 15) is 0 Å². The molecule has 0 bridgehead atoms. The Hall–Kier alpha value is -0.0400. The van der Waals surface area contributed by atoms with Crippen LogP contribution in [0, 0.1) is 17.8 Å². The van der Waals surface area contributed by atoms with E-state index < -0.39 is 0 Å². The van der Waals surface area contributed by atoms with Crippen molar-refractivity contribution in [2.75, 3.05) is 0 Å². The highest BCUT2D eigenvalue weighted by Gasteiger charge is 2.36. The monoisotopic (exact) mass is 223 g/mol. The summed E-state index contributed by atoms with van der Waals surface area (Å²) in [7, 11) is 0. The molecule has 2 fully saturated rings. The molecule has 4 atom stereocenters. The molecule has 0 spiro atoms. The van der Waals surface area contributed by atoms with Gasteiger partial charge in [0.1, 0.15) is 0 Å². The molecule has 1 heteroatoms. The molecule has 0 saturated heterocycles. The minimum atomic E-state index is 0.838. The van der Waals surface area contributed by atoms with Crippen LogP contribution in [0.15, 0.2) is 0 Å². The Morgan fingerprint density at radius 3 is 2.56 bits per heavy atom. The van der Waals surface area contributed by atoms with E-state index in [0.717, 1.165) is 29.8 Å². The SMILES string of the molecule is CCC1CC1NC1CCCC(C(C)C)CC1. The van der Waals surface area contributed by atoms with Crippen molar-refractivity contribution in [2.45, 2.75) is 77.8 Å². The zero-order chi connectivity index (χ0) is 11.5. The molecule has 0 aliphatic heterocycles. The topological polar surface area (TPSA) is 12.0 Å². The van der Waals surface area contributed by atoms with Crippen LogP contribution < -0.4 is 5.32 Å². The summed E-state index contributed by atoms with van der Waals surface area (Å²) in [6, 6.07) is 1.72. The van der Waals surface area contributed by atoms with E-state index in [4.69, 9.17) is 0 Å². The Balaban J connectivity index is 1.72. The molecule has 0 aromatic rings. The molecule has 1 nitrogen and oxygen atoms in total. The molecule has 0 aromatic heterocycles. The van der Waals surface area contributed by atoms with Gasteiger partial charge in [-0.2, -0.15) is 0 Å². The maximum atomic E-state index is 3.89. The fourth-order valence-corrected chi connectivity index (χ4v) is 3.37. The van der Waals surface area contributed by atoms with Crippen molar-refractivity contribution in [3.05, 3.63) is 0 Å². The van der Waals surface area contributed by atoms with E-state index in [-0.39, 0.29) is 0 Å². The molecule has 2 rings (SSSR count). The van der Waals surface area contributed by atoms with Crippen LogP contribution in [-0.4, -0.2) is 12.1 Å². The quantitative estimate of drug-likeness (QED) is 0.711. The normalized spacial score (nSPS) is 39.8. The van der Waals surface area contributed by atoms with E-state index >= 15 is 0 Å². The van der Waals surface area contributed by atoms with Crippen LogP contribution in [0.5, 0.6) is 0 Å². The van der Waals surface area contributed by atoms with Crippen LogP contribution in [0.3, 0.4) is 0 Å². The predicted octanol–water partition coefficient (Wildman–Crippen LogP) is 3.98. The molecule has 0 aromatic carbocycles. The summed E-state index contributed by atoms with van der Waals surface area (Å²) in [5.41, 5.74) is 0. The molecule has 0 radical (unpaired) electrons. The maximum absolute atomic E-state index is 3.89. The molecule has 16 heavy (non-hydrogen) atoms. The molecule has 2 saturated carbocycles. The van der Waals surface area contributed by atoms with Crippen molar-refractivity contribution in [1.82, 2.24) is 5.32 Å². The summed E-state index contributed by atoms with van der Waals surface area (Å²) in [6.45, 7) is 7.12. The average Bonchev–Trinajstić information content (AvgIpc) is 3.02. The highest BCUT2D eigenvalue weighted by Crippen LogP contribution is 2.35. The molecule has 94 valence electrons. The van der Waals surface area contributed by atoms with Crippen LogP contribution >= 0.6 is 0 Å². The Labute approximate surface area is 101 Å². The number of nitrogens with one attached hydrogen (secondary N) is 1. The summed E-state index contributed by atoms with van der Waals surface area (Å²) >= 11 is 0. The highest BCUT2D eigenvalue weighted by molar-refractivity contribution is 4.94. The molecular weight excluding hydrogens is 194 g/mol. The smallest absolute Gasteiger partial charge is 0.0102 e. The minimum Gasteiger partial charge on any atom is -0.311 e. The Morgan fingerprint density at radius 2 is 1.94 bits per heavy atom. The number of hydrogen-bond donors (Lipinski definition) is 1. The van der Waals surface area contributed by atoms with Crippen LogP contribution in [0.2, 0.25) is 0 Å². The Kier molecular flexibility index (Phi) is 4.29. The summed E-state index contributed by atoms with van der Waals surface area (Å²) in [4.78, 5) is 0. The fraction of sp³-hybridized carbons (Fsp3) is 1.00. The van der Waals surface area contributed by atoms with Crippen molar-refractivity contribution in [2.24, 2.45) is 17.8 Å². The second-order valence-corrected chi connectivity index (χ2v) is 6.39. The Bertz CT molecular complexity index is 211. The van der Waals surface area contributed by atoms with Gasteiger partial charge >= 0.3 is 0 Å². The molecule has 0 amide bonds. The molecule has 2 aliphatic carbocycles. The number of rotatable bonds is 4. The van der Waals surface area contributed by atoms with Gasteiger partial charge in [-0.3, -0.25) is 0 Å². The Morgan fingerprint density at radius 1 is 1.12 bits per heavy atom. The third-order valence-corrected chi connectivity index (χ3v) is 4.85. The zero-order valence-corrected chi connectivity index (χ0v) is 11.3. The first-order chi connectivity index (χ1) is 7.70. The van der Waals surface area contributed by atoms with E-state index in [0.29, 0.717) is 0 Å². The van der Waals surface area contributed by atoms with Gasteiger partial charge < -0.3 is 5.32 Å². The van der Waals surface area contributed by atoms with Gasteiger partial charge in [-0.15, -0.1) is 0 Å². The van der Waals surface area contributed by atoms with Crippen LogP contribution in [0.25, 0.3) is 0 Å². The summed E-state index contributed by atoms with van der Waals surface area (Å²) in [5, 5.41) is 3.89. The second kappa shape index (κ2) is 5.53. The molecule has 0 heterocycles. The van der Waals surface area contributed by atoms with Gasteiger partial charge in [0.05, 0.1) is 0 Å². The van der Waals surface area contributed by atoms with Crippen molar-refractivity contribution in [3.8, 4) is 0 Å². The fourth-order valence-electron chi connectivity index (χ4n) is 3.37. The van der Waals surface area contributed by atoms with Crippen molar-refractivity contribution >= 4 is 0 Å². The first-order valence-electron chi connectivity index (χ1n) is 7.46. The molecule has 4 unspecified atom stereocenters. The average molecular weight is 223 g/mol. The van der Waals surface area contributed by atoms with E-state index in [1.165, 1.54) is 44.9 Å². The van der Waals surface area contributed by atoms with Crippen LogP contribution in [0.1, 0.15) is 65.7 Å². The molecular formula is C15H29N. The predicted molar refractivity (Wildman–Crippen MR) is 70.5 cm³/mol. The number of hydrogen-bond acceptors (Lipinski definition) is 1. The lowest BCUT2D eigenvalue weighted by Crippen LogP contribution is -2.31. The van der Waals surface area contributed by atoms with Crippen LogP contribution in [-0.2, 0) is 0 Å². The van der Waals surface area contributed by atoms with Gasteiger partial charge in [0.15, 0.2) is 0 Å². The summed E-state index contributed by atoms with van der Waals surface area (Å²) < 4.78 is 0. The van der Waals surface area contributed by atoms with Gasteiger partial charge in [-0.1, -0.05) is 40.0 Å². The minimum absolute atomic E-state index is 0.838. The van der Waals surface area contributed by atoms with Gasteiger partial charge in [0.25, 0.3) is 0 Å². The van der Waals surface area contributed by atoms with E-state index in [2.05, 4.69) is 26.1 Å². The standard InChI is InChI=1S/C15H29N/c1-4-12-10-15(12)16-14-7-5-6-13(8-9-14)11(2)3/h11-16H,4-10H2,1-3H3. The first-order valence-corrected chi connectivity index (χ1v) is 7.46. The molecule has 2 aliphatic rings. The van der Waals surface area contributed by atoms with Gasteiger partial charge in [-0.25, -0.2) is 0 Å². The third-order valence-electron chi connectivity index (χ3n) is 4.85. The highest BCUT2D eigenvalue weighted by atomic mass is 15.0. The lowest BCUT2D eigenvalue weighted by Gasteiger charge is -2.19. The summed E-state index contributed by atoms with van der Waals surface area (Å²) in [5.74, 6) is 2.89. The molecule has 1 N–H and O–H groups in total. The van der Waals surface area contributed by atoms with Crippen LogP contribution in [0.4, 0.5) is 0 Å². The lowest BCUT2D eigenvalue weighted by molar-refractivity contribution is 0.337. The largest absolute Gasteiger partial charge is 0.311 e. The van der Waals surface area contributed by atoms with Gasteiger partial charge in [0.2, 0.25) is 0 Å². The zero-order valence-electron chi connectivity index (χ0n) is 11.3. The third kappa shape index (κ3) is 3.23. The van der Waals surface area contributed by atoms with E-state index in [1.807, 2.05) is 0 Å². The van der Waals surface area contributed by atoms with Crippen molar-refractivity contribution in [3.63, 3.8) is 0 Å². The first kappa shape index (κ1) is 12.4.